The van der Waals surface area contributed by atoms with Crippen LogP contribution in [0, 0.1) is 0 Å². The molecule has 0 aliphatic carbocycles. The van der Waals surface area contributed by atoms with Crippen molar-refractivity contribution in [2.75, 3.05) is 5.32 Å². The highest BCUT2D eigenvalue weighted by Crippen LogP contribution is 2.31. The zero-order valence-corrected chi connectivity index (χ0v) is 21.3. The van der Waals surface area contributed by atoms with Crippen molar-refractivity contribution in [3.63, 3.8) is 0 Å². The predicted molar refractivity (Wildman–Crippen MR) is 152 cm³/mol. The van der Waals surface area contributed by atoms with Crippen LogP contribution in [-0.2, 0) is 13.0 Å². The van der Waals surface area contributed by atoms with Crippen LogP contribution in [0.15, 0.2) is 103 Å². The second-order valence-corrected chi connectivity index (χ2v) is 9.69. The number of rotatable bonds is 6. The summed E-state index contributed by atoms with van der Waals surface area (Å²) < 4.78 is 2.25. The first-order chi connectivity index (χ1) is 19.1. The van der Waals surface area contributed by atoms with Gasteiger partial charge in [-0.05, 0) is 61.2 Å². The van der Waals surface area contributed by atoms with E-state index in [0.29, 0.717) is 16.8 Å². The molecule has 1 aliphatic heterocycles. The molecule has 0 radical (unpaired) electrons. The highest BCUT2D eigenvalue weighted by Gasteiger charge is 2.20. The largest absolute Gasteiger partial charge is 0.507 e. The molecule has 1 aromatic heterocycles. The summed E-state index contributed by atoms with van der Waals surface area (Å²) in [6.07, 6.45) is 5.28. The van der Waals surface area contributed by atoms with E-state index in [4.69, 9.17) is 0 Å². The number of hydrogen-bond donors (Lipinski definition) is 2. The van der Waals surface area contributed by atoms with E-state index in [9.17, 15) is 14.7 Å². The van der Waals surface area contributed by atoms with Crippen LogP contribution < -0.4 is 5.32 Å². The lowest BCUT2D eigenvalue weighted by atomic mass is 9.94. The fraction of sp³-hybridized carbons (Fsp3) is 0.121. The number of carbonyl (C=O) groups is 2. The average molecular weight is 514 g/mol. The third-order valence-electron chi connectivity index (χ3n) is 7.14. The third kappa shape index (κ3) is 4.84. The lowest BCUT2D eigenvalue weighted by Gasteiger charge is -2.17. The number of nitrogens with one attached hydrogen (secondary N) is 1. The normalized spacial score (nSPS) is 12.5. The van der Waals surface area contributed by atoms with Gasteiger partial charge in [0.2, 0.25) is 0 Å². The van der Waals surface area contributed by atoms with Crippen molar-refractivity contribution >= 4 is 17.4 Å². The molecule has 0 atom stereocenters. The van der Waals surface area contributed by atoms with Crippen LogP contribution >= 0.6 is 0 Å². The number of aromatic hydroxyl groups is 1. The van der Waals surface area contributed by atoms with E-state index in [1.807, 2.05) is 60.8 Å². The Kier molecular flexibility index (Phi) is 6.51. The number of aryl methyl sites for hydroxylation is 1. The Hall–Kier alpha value is -4.97. The molecule has 39 heavy (non-hydrogen) atoms. The monoisotopic (exact) mass is 513 g/mol. The number of nitrogens with zero attached hydrogens (tertiary/aromatic N) is 2. The van der Waals surface area contributed by atoms with Gasteiger partial charge in [0, 0.05) is 46.4 Å². The number of fused-ring (bicyclic) bond motifs is 1. The first-order valence-electron chi connectivity index (χ1n) is 13.1. The maximum Gasteiger partial charge on any atom is 0.256 e. The van der Waals surface area contributed by atoms with Crippen LogP contribution in [0.5, 0.6) is 5.75 Å². The van der Waals surface area contributed by atoms with Crippen LogP contribution in [-0.4, -0.2) is 26.3 Å². The molecule has 0 spiro atoms. The molecular formula is C33H27N3O3. The van der Waals surface area contributed by atoms with E-state index in [1.54, 1.807) is 36.4 Å². The zero-order valence-electron chi connectivity index (χ0n) is 21.3. The number of carbonyl (C=O) groups excluding carboxylic acids is 2. The Balaban J connectivity index is 1.28. The quantitative estimate of drug-likeness (QED) is 0.246. The SMILES string of the molecule is O=C(Nc1cccc(-c2ncc3n2CCCC3)c1)c1ccccc1C(=O)c1ccc(O)c(-c2ccccc2)c1. The smallest absolute Gasteiger partial charge is 0.256 e. The minimum atomic E-state index is -0.372. The molecular weight excluding hydrogens is 486 g/mol. The molecule has 2 heterocycles. The van der Waals surface area contributed by atoms with Crippen molar-refractivity contribution in [1.82, 2.24) is 9.55 Å². The highest BCUT2D eigenvalue weighted by atomic mass is 16.3. The summed E-state index contributed by atoms with van der Waals surface area (Å²) in [5.74, 6) is 0.319. The lowest BCUT2D eigenvalue weighted by Crippen LogP contribution is -2.17. The van der Waals surface area contributed by atoms with Crippen molar-refractivity contribution in [2.45, 2.75) is 25.8 Å². The van der Waals surface area contributed by atoms with Gasteiger partial charge in [-0.2, -0.15) is 0 Å². The molecule has 0 saturated heterocycles. The van der Waals surface area contributed by atoms with Crippen LogP contribution in [0.2, 0.25) is 0 Å². The number of hydrogen-bond acceptors (Lipinski definition) is 4. The van der Waals surface area contributed by atoms with Crippen molar-refractivity contribution in [3.05, 3.63) is 126 Å². The van der Waals surface area contributed by atoms with Gasteiger partial charge in [-0.3, -0.25) is 9.59 Å². The molecule has 5 aromatic rings. The second kappa shape index (κ2) is 10.4. The van der Waals surface area contributed by atoms with E-state index in [2.05, 4.69) is 14.9 Å². The van der Waals surface area contributed by atoms with Crippen LogP contribution in [0.1, 0.15) is 44.8 Å². The van der Waals surface area contributed by atoms with Crippen molar-refractivity contribution in [1.29, 1.82) is 0 Å². The second-order valence-electron chi connectivity index (χ2n) is 9.69. The molecule has 6 rings (SSSR count). The number of benzene rings is 4. The number of phenolic OH excluding ortho intramolecular Hbond substituents is 1. The Morgan fingerprint density at radius 1 is 0.795 bits per heavy atom. The molecule has 6 nitrogen and oxygen atoms in total. The van der Waals surface area contributed by atoms with E-state index in [0.717, 1.165) is 36.3 Å². The van der Waals surface area contributed by atoms with E-state index < -0.39 is 0 Å². The summed E-state index contributed by atoms with van der Waals surface area (Å²) in [5.41, 5.74) is 5.11. The van der Waals surface area contributed by atoms with Gasteiger partial charge in [-0.25, -0.2) is 4.98 Å². The van der Waals surface area contributed by atoms with E-state index in [-0.39, 0.29) is 28.6 Å². The number of ketones is 1. The molecule has 6 heteroatoms. The van der Waals surface area contributed by atoms with Gasteiger partial charge in [0.05, 0.1) is 5.56 Å². The molecule has 1 amide bonds. The Morgan fingerprint density at radius 3 is 2.41 bits per heavy atom. The minimum absolute atomic E-state index is 0.0856. The molecule has 0 unspecified atom stereocenters. The maximum absolute atomic E-state index is 13.6. The summed E-state index contributed by atoms with van der Waals surface area (Å²) in [7, 11) is 0. The third-order valence-corrected chi connectivity index (χ3v) is 7.14. The molecule has 4 aromatic carbocycles. The molecule has 0 bridgehead atoms. The fourth-order valence-electron chi connectivity index (χ4n) is 5.16. The predicted octanol–water partition coefficient (Wildman–Crippen LogP) is 6.74. The number of anilines is 1. The van der Waals surface area contributed by atoms with Crippen LogP contribution in [0.25, 0.3) is 22.5 Å². The number of aromatic nitrogens is 2. The van der Waals surface area contributed by atoms with Crippen molar-refractivity contribution in [2.24, 2.45) is 0 Å². The number of phenols is 1. The summed E-state index contributed by atoms with van der Waals surface area (Å²) in [5, 5.41) is 13.4. The number of amides is 1. The number of imidazole rings is 1. The highest BCUT2D eigenvalue weighted by molar-refractivity contribution is 6.18. The molecule has 1 aliphatic rings. The fourth-order valence-corrected chi connectivity index (χ4v) is 5.16. The van der Waals surface area contributed by atoms with Gasteiger partial charge >= 0.3 is 0 Å². The molecule has 0 saturated carbocycles. The minimum Gasteiger partial charge on any atom is -0.507 e. The topological polar surface area (TPSA) is 84.2 Å². The maximum atomic E-state index is 13.6. The van der Waals surface area contributed by atoms with Gasteiger partial charge in [0.25, 0.3) is 5.91 Å². The summed E-state index contributed by atoms with van der Waals surface area (Å²) in [6, 6.07) is 28.6. The summed E-state index contributed by atoms with van der Waals surface area (Å²) in [4.78, 5) is 31.7. The van der Waals surface area contributed by atoms with Gasteiger partial charge in [0.1, 0.15) is 11.6 Å². The van der Waals surface area contributed by atoms with Crippen LogP contribution in [0.4, 0.5) is 5.69 Å². The van der Waals surface area contributed by atoms with Gasteiger partial charge in [0.15, 0.2) is 5.78 Å². The Labute approximate surface area is 226 Å². The van der Waals surface area contributed by atoms with Gasteiger partial charge < -0.3 is 15.0 Å². The standard InChI is InChI=1S/C33H27N3O3/c37-30-17-16-23(20-29(30)22-9-2-1-3-10-22)31(38)27-14-4-5-15-28(27)33(39)35-25-12-8-11-24(19-25)32-34-21-26-13-6-7-18-36(26)32/h1-5,8-12,14-17,19-21,37H,6-7,13,18H2,(H,35,39). The summed E-state index contributed by atoms with van der Waals surface area (Å²) in [6.45, 7) is 0.944. The Bertz CT molecular complexity index is 1690. The molecule has 0 fully saturated rings. The molecule has 192 valence electrons. The Morgan fingerprint density at radius 2 is 1.56 bits per heavy atom. The van der Waals surface area contributed by atoms with E-state index in [1.165, 1.54) is 18.2 Å². The average Bonchev–Trinajstić information content (AvgIpc) is 3.42. The van der Waals surface area contributed by atoms with Crippen LogP contribution in [0.3, 0.4) is 0 Å². The first kappa shape index (κ1) is 24.4. The first-order valence-corrected chi connectivity index (χ1v) is 13.1. The molecule has 2 N–H and O–H groups in total. The summed E-state index contributed by atoms with van der Waals surface area (Å²) >= 11 is 0. The van der Waals surface area contributed by atoms with Crippen molar-refractivity contribution in [3.8, 4) is 28.3 Å². The van der Waals surface area contributed by atoms with Gasteiger partial charge in [-0.1, -0.05) is 60.7 Å². The van der Waals surface area contributed by atoms with Gasteiger partial charge in [-0.15, -0.1) is 0 Å². The zero-order chi connectivity index (χ0) is 26.8. The lowest BCUT2D eigenvalue weighted by molar-refractivity contribution is 0.0996. The van der Waals surface area contributed by atoms with E-state index >= 15 is 0 Å². The van der Waals surface area contributed by atoms with Crippen molar-refractivity contribution < 1.29 is 14.7 Å².